The second kappa shape index (κ2) is 9.64. The highest BCUT2D eigenvalue weighted by atomic mass is 16.8. The van der Waals surface area contributed by atoms with Crippen molar-refractivity contribution in [2.24, 2.45) is 5.73 Å². The normalized spacial score (nSPS) is 47.1. The van der Waals surface area contributed by atoms with Crippen molar-refractivity contribution in [2.45, 2.75) is 61.4 Å². The van der Waals surface area contributed by atoms with Crippen molar-refractivity contribution < 1.29 is 54.7 Å². The summed E-state index contributed by atoms with van der Waals surface area (Å²) in [5.74, 6) is 0. The molecule has 0 saturated carbocycles. The molecule has 0 aromatic rings. The van der Waals surface area contributed by atoms with E-state index < -0.39 is 74.6 Å². The summed E-state index contributed by atoms with van der Waals surface area (Å²) in [6.07, 6.45) is -14.6. The first-order valence-electron chi connectivity index (χ1n) is 8.25. The molecule has 0 aliphatic carbocycles. The Morgan fingerprint density at radius 3 is 1.81 bits per heavy atom. The molecule has 12 nitrogen and oxygen atoms in total. The van der Waals surface area contributed by atoms with Gasteiger partial charge in [0.2, 0.25) is 0 Å². The zero-order chi connectivity index (χ0) is 19.4. The molecule has 0 amide bonds. The SMILES string of the molecule is NCCO[C@H]1O[C@H](CO)[C@@H](O)[C@H](O)[C@@H]1O[C@H]1O[C@H](CO)C(O)[C@H](O)[C@@H]1O. The van der Waals surface area contributed by atoms with Crippen molar-refractivity contribution in [3.8, 4) is 0 Å². The van der Waals surface area contributed by atoms with Crippen molar-refractivity contribution in [1.29, 1.82) is 0 Å². The molecule has 2 saturated heterocycles. The number of aliphatic hydroxyl groups excluding tert-OH is 7. The molecule has 12 heteroatoms. The van der Waals surface area contributed by atoms with Gasteiger partial charge in [-0.1, -0.05) is 0 Å². The third-order valence-corrected chi connectivity index (χ3v) is 4.36. The van der Waals surface area contributed by atoms with E-state index in [0.29, 0.717) is 0 Å². The van der Waals surface area contributed by atoms with Gasteiger partial charge in [-0.2, -0.15) is 0 Å². The molecule has 0 aromatic heterocycles. The Hall–Kier alpha value is -0.480. The van der Waals surface area contributed by atoms with Gasteiger partial charge in [0.15, 0.2) is 12.6 Å². The van der Waals surface area contributed by atoms with Crippen LogP contribution in [0.5, 0.6) is 0 Å². The van der Waals surface area contributed by atoms with E-state index >= 15 is 0 Å². The van der Waals surface area contributed by atoms with Crippen LogP contribution in [0.2, 0.25) is 0 Å². The molecular weight excluding hydrogens is 358 g/mol. The van der Waals surface area contributed by atoms with Crippen molar-refractivity contribution in [2.75, 3.05) is 26.4 Å². The lowest BCUT2D eigenvalue weighted by molar-refractivity contribution is -0.367. The molecule has 1 unspecified atom stereocenters. The van der Waals surface area contributed by atoms with Crippen LogP contribution in [0.4, 0.5) is 0 Å². The third kappa shape index (κ3) is 4.49. The molecule has 0 aromatic carbocycles. The zero-order valence-corrected chi connectivity index (χ0v) is 13.9. The first-order valence-corrected chi connectivity index (χ1v) is 8.25. The van der Waals surface area contributed by atoms with Gasteiger partial charge in [0, 0.05) is 6.54 Å². The maximum absolute atomic E-state index is 10.3. The molecule has 2 aliphatic rings. The highest BCUT2D eigenvalue weighted by Crippen LogP contribution is 2.29. The Morgan fingerprint density at radius 2 is 1.27 bits per heavy atom. The summed E-state index contributed by atoms with van der Waals surface area (Å²) in [6, 6.07) is 0. The molecule has 9 N–H and O–H groups in total. The summed E-state index contributed by atoms with van der Waals surface area (Å²) in [5, 5.41) is 68.4. The van der Waals surface area contributed by atoms with Crippen LogP contribution in [0.25, 0.3) is 0 Å². The van der Waals surface area contributed by atoms with Gasteiger partial charge >= 0.3 is 0 Å². The lowest BCUT2D eigenvalue weighted by Crippen LogP contribution is -2.64. The van der Waals surface area contributed by atoms with Gasteiger partial charge in [0.1, 0.15) is 48.8 Å². The lowest BCUT2D eigenvalue weighted by atomic mass is 9.97. The van der Waals surface area contributed by atoms with E-state index in [2.05, 4.69) is 0 Å². The molecular formula is C14H27NO11. The largest absolute Gasteiger partial charge is 0.394 e. The molecule has 0 spiro atoms. The lowest BCUT2D eigenvalue weighted by Gasteiger charge is -2.45. The van der Waals surface area contributed by atoms with Crippen molar-refractivity contribution >= 4 is 0 Å². The van der Waals surface area contributed by atoms with Gasteiger partial charge in [-0.05, 0) is 0 Å². The van der Waals surface area contributed by atoms with Crippen molar-refractivity contribution in [1.82, 2.24) is 0 Å². The standard InChI is InChI=1S/C14H27NO11/c15-1-2-23-14-12(10(21)8(19)6(4-17)25-14)26-13-11(22)9(20)7(18)5(3-16)24-13/h5-14,16-22H,1-4,15H2/t5-,6-,7?,8-,9+,10+,11+,12+,13-,14+/m1/s1. The molecule has 2 aliphatic heterocycles. The van der Waals surface area contributed by atoms with Crippen molar-refractivity contribution in [3.63, 3.8) is 0 Å². The van der Waals surface area contributed by atoms with Crippen LogP contribution in [0, 0.1) is 0 Å². The average molecular weight is 385 g/mol. The van der Waals surface area contributed by atoms with Gasteiger partial charge < -0.3 is 60.4 Å². The molecule has 154 valence electrons. The predicted molar refractivity (Wildman–Crippen MR) is 81.4 cm³/mol. The van der Waals surface area contributed by atoms with Gasteiger partial charge in [-0.3, -0.25) is 0 Å². The molecule has 2 rings (SSSR count). The maximum Gasteiger partial charge on any atom is 0.187 e. The predicted octanol–water partition coefficient (Wildman–Crippen LogP) is -5.41. The van der Waals surface area contributed by atoms with Crippen LogP contribution in [-0.4, -0.2) is 124 Å². The van der Waals surface area contributed by atoms with E-state index in [-0.39, 0.29) is 13.2 Å². The summed E-state index contributed by atoms with van der Waals surface area (Å²) in [6.45, 7) is -1.11. The molecule has 0 radical (unpaired) electrons. The third-order valence-electron chi connectivity index (χ3n) is 4.36. The zero-order valence-electron chi connectivity index (χ0n) is 13.9. The Kier molecular flexibility index (Phi) is 8.08. The van der Waals surface area contributed by atoms with Crippen LogP contribution in [0.1, 0.15) is 0 Å². The summed E-state index contributed by atoms with van der Waals surface area (Å²) < 4.78 is 21.3. The molecule has 2 heterocycles. The van der Waals surface area contributed by atoms with Gasteiger partial charge in [-0.25, -0.2) is 0 Å². The molecule has 0 bridgehead atoms. The van der Waals surface area contributed by atoms with Crippen LogP contribution >= 0.6 is 0 Å². The van der Waals surface area contributed by atoms with E-state index in [9.17, 15) is 35.7 Å². The average Bonchev–Trinajstić information content (AvgIpc) is 2.64. The number of nitrogens with two attached hydrogens (primary N) is 1. The summed E-state index contributed by atoms with van der Waals surface area (Å²) in [4.78, 5) is 0. The Bertz CT molecular complexity index is 428. The second-order valence-corrected chi connectivity index (χ2v) is 6.16. The fraction of sp³-hybridized carbons (Fsp3) is 1.00. The summed E-state index contributed by atoms with van der Waals surface area (Å²) >= 11 is 0. The first kappa shape index (κ1) is 21.8. The topological polar surface area (TPSA) is 205 Å². The number of ether oxygens (including phenoxy) is 4. The Morgan fingerprint density at radius 1 is 0.731 bits per heavy atom. The smallest absolute Gasteiger partial charge is 0.187 e. The molecule has 10 atom stereocenters. The second-order valence-electron chi connectivity index (χ2n) is 6.16. The highest BCUT2D eigenvalue weighted by molar-refractivity contribution is 4.93. The minimum absolute atomic E-state index is 0.0141. The maximum atomic E-state index is 10.3. The number of aliphatic hydroxyl groups is 7. The van der Waals surface area contributed by atoms with Gasteiger partial charge in [0.25, 0.3) is 0 Å². The minimum Gasteiger partial charge on any atom is -0.394 e. The van der Waals surface area contributed by atoms with Crippen LogP contribution < -0.4 is 5.73 Å². The monoisotopic (exact) mass is 385 g/mol. The summed E-state index contributed by atoms with van der Waals surface area (Å²) in [5.41, 5.74) is 5.36. The van der Waals surface area contributed by atoms with E-state index in [4.69, 9.17) is 24.7 Å². The highest BCUT2D eigenvalue weighted by Gasteiger charge is 2.50. The minimum atomic E-state index is -1.71. The van der Waals surface area contributed by atoms with E-state index in [1.807, 2.05) is 0 Å². The van der Waals surface area contributed by atoms with Crippen LogP contribution in [0.15, 0.2) is 0 Å². The van der Waals surface area contributed by atoms with Crippen molar-refractivity contribution in [3.05, 3.63) is 0 Å². The number of hydrogen-bond acceptors (Lipinski definition) is 12. The molecule has 26 heavy (non-hydrogen) atoms. The van der Waals surface area contributed by atoms with Gasteiger partial charge in [-0.15, -0.1) is 0 Å². The van der Waals surface area contributed by atoms with E-state index in [0.717, 1.165) is 0 Å². The Balaban J connectivity index is 2.14. The number of hydrogen-bond donors (Lipinski definition) is 8. The quantitative estimate of drug-likeness (QED) is 0.207. The first-order chi connectivity index (χ1) is 12.3. The van der Waals surface area contributed by atoms with Crippen LogP contribution in [-0.2, 0) is 18.9 Å². The summed E-state index contributed by atoms with van der Waals surface area (Å²) in [7, 11) is 0. The molecule has 2 fully saturated rings. The fourth-order valence-electron chi connectivity index (χ4n) is 2.85. The fourth-order valence-corrected chi connectivity index (χ4v) is 2.85. The number of rotatable bonds is 7. The van der Waals surface area contributed by atoms with E-state index in [1.54, 1.807) is 0 Å². The van der Waals surface area contributed by atoms with E-state index in [1.165, 1.54) is 0 Å². The Labute approximate surface area is 149 Å². The van der Waals surface area contributed by atoms with Gasteiger partial charge in [0.05, 0.1) is 19.8 Å². The van der Waals surface area contributed by atoms with Crippen LogP contribution in [0.3, 0.4) is 0 Å².